The molecule has 1 atom stereocenters. The highest BCUT2D eigenvalue weighted by atomic mass is 35.5. The average molecular weight is 461 g/mol. The molecule has 3 aromatic rings. The number of thiazole rings is 1. The van der Waals surface area contributed by atoms with E-state index in [1.807, 2.05) is 43.5 Å². The minimum atomic E-state index is -0.844. The molecular formula is C22H25ClN4O3S. The molecule has 0 aliphatic carbocycles. The van der Waals surface area contributed by atoms with Crippen molar-refractivity contribution in [3.05, 3.63) is 53.1 Å². The summed E-state index contributed by atoms with van der Waals surface area (Å²) in [5.74, 6) is 1.49. The van der Waals surface area contributed by atoms with Gasteiger partial charge in [0.25, 0.3) is 0 Å². The van der Waals surface area contributed by atoms with E-state index in [1.54, 1.807) is 25.4 Å². The summed E-state index contributed by atoms with van der Waals surface area (Å²) in [5, 5.41) is 6.29. The third-order valence-corrected chi connectivity index (χ3v) is 5.40. The number of nitrogens with two attached hydrogens (primary N) is 1. The number of anilines is 2. The van der Waals surface area contributed by atoms with Crippen LogP contribution in [0.5, 0.6) is 5.75 Å². The van der Waals surface area contributed by atoms with Gasteiger partial charge in [-0.1, -0.05) is 31.5 Å². The largest absolute Gasteiger partial charge is 0.488 e. The zero-order chi connectivity index (χ0) is 22.4. The van der Waals surface area contributed by atoms with Gasteiger partial charge in [-0.15, -0.1) is 11.3 Å². The smallest absolute Gasteiger partial charge is 0.405 e. The maximum atomic E-state index is 11.3. The van der Waals surface area contributed by atoms with Crippen molar-refractivity contribution in [2.45, 2.75) is 32.8 Å². The van der Waals surface area contributed by atoms with Crippen LogP contribution in [0.4, 0.5) is 15.7 Å². The van der Waals surface area contributed by atoms with E-state index in [4.69, 9.17) is 26.8 Å². The molecule has 2 aromatic heterocycles. The summed E-state index contributed by atoms with van der Waals surface area (Å²) < 4.78 is 11.2. The molecule has 31 heavy (non-hydrogen) atoms. The van der Waals surface area contributed by atoms with Crippen molar-refractivity contribution in [2.75, 3.05) is 11.9 Å². The topological polar surface area (TPSA) is 99.4 Å². The molecule has 1 unspecified atom stereocenters. The van der Waals surface area contributed by atoms with E-state index in [1.165, 1.54) is 11.3 Å². The maximum Gasteiger partial charge on any atom is 0.405 e. The number of nitrogens with zero attached hydrogens (tertiary/aromatic N) is 2. The van der Waals surface area contributed by atoms with Crippen LogP contribution in [0.3, 0.4) is 0 Å². The average Bonchev–Trinajstić information content (AvgIpc) is 3.19. The van der Waals surface area contributed by atoms with Crippen molar-refractivity contribution >= 4 is 40.0 Å². The highest BCUT2D eigenvalue weighted by Crippen LogP contribution is 2.33. The molecule has 0 saturated carbocycles. The number of hydrogen-bond donors (Lipinski definition) is 2. The Morgan fingerprint density at radius 2 is 2.00 bits per heavy atom. The SMILES string of the molecule is CC(C)CC(C)(COc1ccc(-c2ccnc(Nc3nccs3)c2)cc1Cl)OC(N)=O. The minimum absolute atomic E-state index is 0.143. The molecule has 1 aromatic carbocycles. The van der Waals surface area contributed by atoms with Gasteiger partial charge in [0.1, 0.15) is 23.8 Å². The van der Waals surface area contributed by atoms with Crippen LogP contribution in [0.15, 0.2) is 48.1 Å². The lowest BCUT2D eigenvalue weighted by Crippen LogP contribution is -2.41. The Morgan fingerprint density at radius 1 is 1.23 bits per heavy atom. The van der Waals surface area contributed by atoms with Gasteiger partial charge >= 0.3 is 6.09 Å². The Balaban J connectivity index is 1.73. The first-order valence-electron chi connectivity index (χ1n) is 9.78. The molecule has 2 heterocycles. The van der Waals surface area contributed by atoms with Crippen molar-refractivity contribution in [3.8, 4) is 16.9 Å². The third kappa shape index (κ3) is 6.57. The second-order valence-corrected chi connectivity index (χ2v) is 9.10. The van der Waals surface area contributed by atoms with Gasteiger partial charge in [-0.25, -0.2) is 14.8 Å². The summed E-state index contributed by atoms with van der Waals surface area (Å²) in [4.78, 5) is 19.8. The van der Waals surface area contributed by atoms with Gasteiger partial charge in [0.2, 0.25) is 0 Å². The van der Waals surface area contributed by atoms with Gasteiger partial charge in [-0.3, -0.25) is 0 Å². The molecule has 3 N–H and O–H groups in total. The normalized spacial score (nSPS) is 12.9. The number of carbonyl (C=O) groups is 1. The Hall–Kier alpha value is -2.84. The number of primary amides is 1. The predicted octanol–water partition coefficient (Wildman–Crippen LogP) is 5.88. The zero-order valence-corrected chi connectivity index (χ0v) is 19.2. The van der Waals surface area contributed by atoms with Gasteiger partial charge in [0, 0.05) is 17.8 Å². The number of benzene rings is 1. The Kier molecular flexibility index (Phi) is 7.35. The number of rotatable bonds is 9. The molecule has 0 aliphatic rings. The number of pyridine rings is 1. The fourth-order valence-electron chi connectivity index (χ4n) is 3.34. The summed E-state index contributed by atoms with van der Waals surface area (Å²) in [6.45, 7) is 6.02. The van der Waals surface area contributed by atoms with Crippen LogP contribution in [0.1, 0.15) is 27.2 Å². The van der Waals surface area contributed by atoms with Gasteiger partial charge < -0.3 is 20.5 Å². The van der Waals surface area contributed by atoms with Crippen LogP contribution in [-0.2, 0) is 4.74 Å². The quantitative estimate of drug-likeness (QED) is 0.413. The number of amides is 1. The number of ether oxygens (including phenoxy) is 2. The molecule has 0 fully saturated rings. The molecule has 0 saturated heterocycles. The predicted molar refractivity (Wildman–Crippen MR) is 124 cm³/mol. The number of carbonyl (C=O) groups excluding carboxylic acids is 1. The fourth-order valence-corrected chi connectivity index (χ4v) is 4.11. The molecule has 1 amide bonds. The van der Waals surface area contributed by atoms with Gasteiger partial charge in [-0.2, -0.15) is 0 Å². The Labute approximate surface area is 190 Å². The van der Waals surface area contributed by atoms with Crippen molar-refractivity contribution < 1.29 is 14.3 Å². The van der Waals surface area contributed by atoms with E-state index in [9.17, 15) is 4.79 Å². The molecule has 0 radical (unpaired) electrons. The fraction of sp³-hybridized carbons (Fsp3) is 0.318. The van der Waals surface area contributed by atoms with Crippen LogP contribution in [-0.4, -0.2) is 28.3 Å². The number of aromatic nitrogens is 2. The van der Waals surface area contributed by atoms with Gasteiger partial charge in [-0.05, 0) is 54.7 Å². The van der Waals surface area contributed by atoms with Crippen LogP contribution in [0, 0.1) is 5.92 Å². The molecular weight excluding hydrogens is 436 g/mol. The third-order valence-electron chi connectivity index (χ3n) is 4.41. The highest BCUT2D eigenvalue weighted by molar-refractivity contribution is 7.13. The molecule has 0 spiro atoms. The maximum absolute atomic E-state index is 11.3. The van der Waals surface area contributed by atoms with E-state index < -0.39 is 11.7 Å². The van der Waals surface area contributed by atoms with Crippen molar-refractivity contribution in [1.29, 1.82) is 0 Å². The molecule has 7 nitrogen and oxygen atoms in total. The van der Waals surface area contributed by atoms with E-state index in [0.717, 1.165) is 16.3 Å². The summed E-state index contributed by atoms with van der Waals surface area (Å²) in [5.41, 5.74) is 6.26. The summed E-state index contributed by atoms with van der Waals surface area (Å²) in [6.07, 6.45) is 3.24. The molecule has 0 aliphatic heterocycles. The monoisotopic (exact) mass is 460 g/mol. The first kappa shape index (κ1) is 22.8. The van der Waals surface area contributed by atoms with E-state index in [2.05, 4.69) is 15.3 Å². The number of hydrogen-bond acceptors (Lipinski definition) is 7. The molecule has 3 rings (SSSR count). The first-order chi connectivity index (χ1) is 14.7. The summed E-state index contributed by atoms with van der Waals surface area (Å²) >= 11 is 7.98. The zero-order valence-electron chi connectivity index (χ0n) is 17.6. The van der Waals surface area contributed by atoms with Gasteiger partial charge in [0.15, 0.2) is 5.13 Å². The number of halogens is 1. The van der Waals surface area contributed by atoms with Crippen molar-refractivity contribution in [3.63, 3.8) is 0 Å². The second kappa shape index (κ2) is 9.98. The van der Waals surface area contributed by atoms with E-state index in [-0.39, 0.29) is 6.61 Å². The van der Waals surface area contributed by atoms with E-state index >= 15 is 0 Å². The van der Waals surface area contributed by atoms with Crippen LogP contribution in [0.25, 0.3) is 11.1 Å². The summed E-state index contributed by atoms with van der Waals surface area (Å²) in [6, 6.07) is 9.37. The lowest BCUT2D eigenvalue weighted by Gasteiger charge is -2.30. The standard InChI is InChI=1S/C22H25ClN4O3S/c1-14(2)12-22(3,30-20(24)28)13-29-18-5-4-15(10-17(18)23)16-6-7-25-19(11-16)27-21-26-8-9-31-21/h4-11,14H,12-13H2,1-3H3,(H2,24,28)(H,25,26,27). The summed E-state index contributed by atoms with van der Waals surface area (Å²) in [7, 11) is 0. The number of nitrogens with one attached hydrogen (secondary N) is 1. The molecule has 164 valence electrons. The van der Waals surface area contributed by atoms with Crippen LogP contribution in [0.2, 0.25) is 5.02 Å². The van der Waals surface area contributed by atoms with Crippen molar-refractivity contribution in [2.24, 2.45) is 11.7 Å². The first-order valence-corrected chi connectivity index (χ1v) is 11.0. The molecule has 9 heteroatoms. The van der Waals surface area contributed by atoms with Crippen molar-refractivity contribution in [1.82, 2.24) is 9.97 Å². The van der Waals surface area contributed by atoms with Gasteiger partial charge in [0.05, 0.1) is 5.02 Å². The Bertz CT molecular complexity index is 1030. The van der Waals surface area contributed by atoms with Crippen LogP contribution >= 0.6 is 22.9 Å². The second-order valence-electron chi connectivity index (χ2n) is 7.79. The van der Waals surface area contributed by atoms with E-state index in [0.29, 0.717) is 28.9 Å². The lowest BCUT2D eigenvalue weighted by atomic mass is 9.95. The van der Waals surface area contributed by atoms with Crippen LogP contribution < -0.4 is 15.8 Å². The Morgan fingerprint density at radius 3 is 2.65 bits per heavy atom. The molecule has 0 bridgehead atoms. The minimum Gasteiger partial charge on any atom is -0.488 e. The lowest BCUT2D eigenvalue weighted by molar-refractivity contribution is -0.0185. The highest BCUT2D eigenvalue weighted by Gasteiger charge is 2.30.